The van der Waals surface area contributed by atoms with Crippen molar-refractivity contribution < 1.29 is 9.84 Å². The smallest absolute Gasteiger partial charge is 0.335 e. The van der Waals surface area contributed by atoms with E-state index in [-0.39, 0.29) is 5.56 Å². The number of nitrogens with one attached hydrogen (secondary N) is 1. The molecular formula is C19H16IN3O4. The molecular weight excluding hydrogens is 461 g/mol. The van der Waals surface area contributed by atoms with Gasteiger partial charge in [-0.1, -0.05) is 12.1 Å². The maximum absolute atomic E-state index is 12.2. The number of hydrogen-bond donors (Lipinski definition) is 2. The highest BCUT2D eigenvalue weighted by Gasteiger charge is 2.14. The summed E-state index contributed by atoms with van der Waals surface area (Å²) in [5.74, 6) is 0.154. The van der Waals surface area contributed by atoms with Crippen molar-refractivity contribution >= 4 is 34.5 Å². The number of halogens is 1. The van der Waals surface area contributed by atoms with E-state index in [9.17, 15) is 14.7 Å². The van der Waals surface area contributed by atoms with Crippen molar-refractivity contribution in [3.05, 3.63) is 78.5 Å². The molecule has 0 aliphatic rings. The number of benzene rings is 2. The number of nitrogens with zero attached hydrogens (tertiary/aromatic N) is 2. The van der Waals surface area contributed by atoms with Crippen LogP contribution in [-0.2, 0) is 0 Å². The van der Waals surface area contributed by atoms with Gasteiger partial charge in [0.05, 0.1) is 18.0 Å². The van der Waals surface area contributed by atoms with E-state index in [1.54, 1.807) is 30.3 Å². The Kier molecular flexibility index (Phi) is 5.75. The number of rotatable bonds is 5. The first kappa shape index (κ1) is 18.9. The molecule has 0 saturated carbocycles. The van der Waals surface area contributed by atoms with E-state index >= 15 is 0 Å². The zero-order chi connectivity index (χ0) is 19.4. The van der Waals surface area contributed by atoms with Crippen LogP contribution in [0.4, 0.5) is 5.69 Å². The number of H-pyrrole nitrogens is 1. The molecule has 1 heterocycles. The molecule has 2 aromatic carbocycles. The van der Waals surface area contributed by atoms with Crippen LogP contribution in [0.1, 0.15) is 12.5 Å². The summed E-state index contributed by atoms with van der Waals surface area (Å²) in [6.45, 7) is 2.38. The molecule has 0 radical (unpaired) electrons. The van der Waals surface area contributed by atoms with Crippen molar-refractivity contribution in [2.24, 2.45) is 4.99 Å². The van der Waals surface area contributed by atoms with Crippen molar-refractivity contribution in [2.45, 2.75) is 6.92 Å². The Bertz CT molecular complexity index is 1100. The number of aliphatic imine (C=N–C) groups is 1. The van der Waals surface area contributed by atoms with Crippen LogP contribution < -0.4 is 16.0 Å². The first-order valence-corrected chi connectivity index (χ1v) is 9.19. The average molecular weight is 477 g/mol. The van der Waals surface area contributed by atoms with Gasteiger partial charge >= 0.3 is 5.69 Å². The van der Waals surface area contributed by atoms with Crippen molar-refractivity contribution in [1.29, 1.82) is 0 Å². The van der Waals surface area contributed by atoms with Gasteiger partial charge in [-0.3, -0.25) is 14.8 Å². The van der Waals surface area contributed by atoms with E-state index < -0.39 is 17.1 Å². The van der Waals surface area contributed by atoms with Gasteiger partial charge < -0.3 is 9.84 Å². The lowest BCUT2D eigenvalue weighted by atomic mass is 10.2. The average Bonchev–Trinajstić information content (AvgIpc) is 2.64. The molecule has 0 amide bonds. The fraction of sp³-hybridized carbons (Fsp3) is 0.105. The Morgan fingerprint density at radius 2 is 1.89 bits per heavy atom. The van der Waals surface area contributed by atoms with E-state index in [0.717, 1.165) is 8.14 Å². The third kappa shape index (κ3) is 4.11. The Morgan fingerprint density at radius 1 is 1.19 bits per heavy atom. The van der Waals surface area contributed by atoms with E-state index in [1.165, 1.54) is 6.21 Å². The summed E-state index contributed by atoms with van der Waals surface area (Å²) in [6.07, 6.45) is 1.25. The Morgan fingerprint density at radius 3 is 2.56 bits per heavy atom. The number of aromatic hydroxyl groups is 1. The molecule has 0 bridgehead atoms. The maximum atomic E-state index is 12.2. The van der Waals surface area contributed by atoms with Gasteiger partial charge in [0.1, 0.15) is 11.3 Å². The molecule has 2 N–H and O–H groups in total. The molecule has 1 aromatic heterocycles. The highest BCUT2D eigenvalue weighted by Crippen LogP contribution is 2.22. The van der Waals surface area contributed by atoms with Gasteiger partial charge in [-0.15, -0.1) is 0 Å². The molecule has 0 unspecified atom stereocenters. The molecule has 0 atom stereocenters. The van der Waals surface area contributed by atoms with E-state index in [2.05, 4.69) is 32.6 Å². The molecule has 0 aliphatic heterocycles. The van der Waals surface area contributed by atoms with Crippen molar-refractivity contribution in [1.82, 2.24) is 9.55 Å². The lowest BCUT2D eigenvalue weighted by Gasteiger charge is -2.10. The number of aromatic amines is 1. The van der Waals surface area contributed by atoms with Gasteiger partial charge in [-0.2, -0.15) is 0 Å². The summed E-state index contributed by atoms with van der Waals surface area (Å²) in [5, 5.41) is 10.5. The van der Waals surface area contributed by atoms with Crippen LogP contribution in [-0.4, -0.2) is 27.5 Å². The minimum atomic E-state index is -0.742. The lowest BCUT2D eigenvalue weighted by Crippen LogP contribution is -2.31. The lowest BCUT2D eigenvalue weighted by molar-refractivity contribution is 0.340. The van der Waals surface area contributed by atoms with Crippen LogP contribution in [0.2, 0.25) is 0 Å². The predicted molar refractivity (Wildman–Crippen MR) is 112 cm³/mol. The fourth-order valence-electron chi connectivity index (χ4n) is 2.44. The summed E-state index contributed by atoms with van der Waals surface area (Å²) >= 11 is 2.12. The second kappa shape index (κ2) is 8.21. The predicted octanol–water partition coefficient (Wildman–Crippen LogP) is 2.99. The Labute approximate surface area is 168 Å². The molecule has 138 valence electrons. The van der Waals surface area contributed by atoms with Crippen molar-refractivity contribution in [3.8, 4) is 17.3 Å². The first-order chi connectivity index (χ1) is 13.0. The standard InChI is InChI=1S/C19H16IN3O4/c1-2-27-13-9-7-12(8-10-13)23-18(25)14(17(24)22-19(23)26)11-21-16-6-4-3-5-15(16)20/h3-11,25H,2H2,1H3,(H,22,24,26). The zero-order valence-corrected chi connectivity index (χ0v) is 16.5. The third-order valence-corrected chi connectivity index (χ3v) is 4.62. The van der Waals surface area contributed by atoms with Gasteiger partial charge in [-0.25, -0.2) is 9.36 Å². The highest BCUT2D eigenvalue weighted by molar-refractivity contribution is 14.1. The fourth-order valence-corrected chi connectivity index (χ4v) is 2.97. The Balaban J connectivity index is 2.07. The molecule has 27 heavy (non-hydrogen) atoms. The van der Waals surface area contributed by atoms with Crippen molar-refractivity contribution in [2.75, 3.05) is 6.61 Å². The SMILES string of the molecule is CCOc1ccc(-n2c(O)c(C=Nc3ccccc3I)c(=O)[nH]c2=O)cc1. The quantitative estimate of drug-likeness (QED) is 0.436. The summed E-state index contributed by atoms with van der Waals surface area (Å²) in [6, 6.07) is 13.9. The molecule has 0 saturated heterocycles. The summed E-state index contributed by atoms with van der Waals surface area (Å²) in [4.78, 5) is 30.8. The Hall–Kier alpha value is -2.88. The normalized spacial score (nSPS) is 11.0. The van der Waals surface area contributed by atoms with Crippen LogP contribution in [0.3, 0.4) is 0 Å². The minimum Gasteiger partial charge on any atom is -0.494 e. The molecule has 0 spiro atoms. The first-order valence-electron chi connectivity index (χ1n) is 8.11. The van der Waals surface area contributed by atoms with Crippen LogP contribution in [0.15, 0.2) is 63.1 Å². The molecule has 7 nitrogen and oxygen atoms in total. The van der Waals surface area contributed by atoms with E-state index in [4.69, 9.17) is 4.74 Å². The summed E-state index contributed by atoms with van der Waals surface area (Å²) in [5.41, 5.74) is -0.525. The summed E-state index contributed by atoms with van der Waals surface area (Å²) < 4.78 is 7.27. The van der Waals surface area contributed by atoms with Crippen LogP contribution >= 0.6 is 22.6 Å². The van der Waals surface area contributed by atoms with Crippen LogP contribution in [0.5, 0.6) is 11.6 Å². The van der Waals surface area contributed by atoms with Crippen LogP contribution in [0, 0.1) is 3.57 Å². The van der Waals surface area contributed by atoms with Crippen LogP contribution in [0.25, 0.3) is 5.69 Å². The van der Waals surface area contributed by atoms with Gasteiger partial charge in [0.25, 0.3) is 5.56 Å². The van der Waals surface area contributed by atoms with Crippen molar-refractivity contribution in [3.63, 3.8) is 0 Å². The maximum Gasteiger partial charge on any atom is 0.335 e. The number of ether oxygens (including phenoxy) is 1. The molecule has 8 heteroatoms. The van der Waals surface area contributed by atoms with Gasteiger partial charge in [-0.05, 0) is 65.9 Å². The summed E-state index contributed by atoms with van der Waals surface area (Å²) in [7, 11) is 0. The largest absolute Gasteiger partial charge is 0.494 e. The minimum absolute atomic E-state index is 0.108. The second-order valence-electron chi connectivity index (χ2n) is 5.47. The zero-order valence-electron chi connectivity index (χ0n) is 14.3. The van der Waals surface area contributed by atoms with E-state index in [1.807, 2.05) is 25.1 Å². The molecule has 0 aliphatic carbocycles. The molecule has 0 fully saturated rings. The monoisotopic (exact) mass is 477 g/mol. The number of aromatic nitrogens is 2. The second-order valence-corrected chi connectivity index (χ2v) is 6.63. The topological polar surface area (TPSA) is 96.7 Å². The van der Waals surface area contributed by atoms with Gasteiger partial charge in [0.2, 0.25) is 5.88 Å². The van der Waals surface area contributed by atoms with E-state index in [0.29, 0.717) is 23.7 Å². The molecule has 3 aromatic rings. The number of para-hydroxylation sites is 1. The highest BCUT2D eigenvalue weighted by atomic mass is 127. The third-order valence-electron chi connectivity index (χ3n) is 3.71. The van der Waals surface area contributed by atoms with Gasteiger partial charge in [0.15, 0.2) is 0 Å². The number of hydrogen-bond acceptors (Lipinski definition) is 5. The van der Waals surface area contributed by atoms with Gasteiger partial charge in [0, 0.05) is 9.78 Å². The molecule has 3 rings (SSSR count).